The molecule has 1 unspecified atom stereocenters. The second-order valence-corrected chi connectivity index (χ2v) is 17.8. The number of aliphatic hydroxyl groups is 1. The average Bonchev–Trinajstić information content (AvgIpc) is 3.21. The first-order chi connectivity index (χ1) is 18.5. The number of carboxylic acid groups (broad SMARTS) is 1. The number of nitrogens with zero attached hydrogens (tertiary/aromatic N) is 3. The number of aliphatic hydroxyl groups excluding tert-OH is 1. The van der Waals surface area contributed by atoms with Crippen molar-refractivity contribution in [2.24, 2.45) is 5.92 Å². The maximum atomic E-state index is 13.3. The first-order valence-corrected chi connectivity index (χ1v) is 17.7. The van der Waals surface area contributed by atoms with Crippen LogP contribution in [0.5, 0.6) is 0 Å². The molecule has 10 nitrogen and oxygen atoms in total. The number of rotatable bonds is 10. The van der Waals surface area contributed by atoms with Gasteiger partial charge in [0.05, 0.1) is 0 Å². The van der Waals surface area contributed by atoms with Gasteiger partial charge >= 0.3 is 6.09 Å². The molecular formula is C28H41N3O7Si. The Morgan fingerprint density at radius 3 is 2.56 bits per heavy atom. The summed E-state index contributed by atoms with van der Waals surface area (Å²) >= 11 is 0. The largest absolute Gasteiger partial charge is 0.465 e. The number of hydrogen-bond donors (Lipinski definition) is 2. The molecule has 2 aliphatic heterocycles. The molecule has 2 fully saturated rings. The van der Waals surface area contributed by atoms with Gasteiger partial charge in [-0.25, -0.2) is 4.79 Å². The lowest BCUT2D eigenvalue weighted by Gasteiger charge is -2.37. The lowest BCUT2D eigenvalue weighted by atomic mass is 9.84. The minimum atomic E-state index is -1.31. The third-order valence-electron chi connectivity index (χ3n) is 8.18. The molecule has 2 N–H and O–H groups in total. The quantitative estimate of drug-likeness (QED) is 0.255. The van der Waals surface area contributed by atoms with E-state index in [-0.39, 0.29) is 63.0 Å². The van der Waals surface area contributed by atoms with E-state index < -0.39 is 26.1 Å². The zero-order valence-corrected chi connectivity index (χ0v) is 24.2. The molecule has 1 saturated heterocycles. The number of ether oxygens (including phenoxy) is 1. The number of hydrogen-bond acceptors (Lipinski definition) is 6. The summed E-state index contributed by atoms with van der Waals surface area (Å²) in [4.78, 5) is 55.3. The van der Waals surface area contributed by atoms with Crippen molar-refractivity contribution >= 4 is 31.9 Å². The van der Waals surface area contributed by atoms with E-state index in [9.17, 15) is 29.4 Å². The van der Waals surface area contributed by atoms with E-state index in [1.54, 1.807) is 12.1 Å². The normalized spacial score (nSPS) is 23.8. The molecule has 214 valence electrons. The number of carbonyl (C=O) groups excluding carboxylic acids is 3. The van der Waals surface area contributed by atoms with Crippen molar-refractivity contribution in [1.29, 1.82) is 0 Å². The van der Waals surface area contributed by atoms with E-state index in [2.05, 4.69) is 19.6 Å². The highest BCUT2D eigenvalue weighted by molar-refractivity contribution is 6.76. The molecule has 0 bridgehead atoms. The predicted octanol–water partition coefficient (Wildman–Crippen LogP) is 3.50. The van der Waals surface area contributed by atoms with Gasteiger partial charge in [0.2, 0.25) is 5.91 Å². The minimum Gasteiger partial charge on any atom is -0.465 e. The fourth-order valence-corrected chi connectivity index (χ4v) is 6.62. The van der Waals surface area contributed by atoms with Crippen LogP contribution in [0.1, 0.15) is 60.0 Å². The van der Waals surface area contributed by atoms with Gasteiger partial charge in [-0.05, 0) is 42.5 Å². The van der Waals surface area contributed by atoms with E-state index in [0.717, 1.165) is 47.8 Å². The molecule has 0 aromatic heterocycles. The molecule has 11 heteroatoms. The molecule has 3 aliphatic rings. The zero-order chi connectivity index (χ0) is 28.3. The number of carbonyl (C=O) groups is 4. The monoisotopic (exact) mass is 559 g/mol. The maximum Gasteiger partial charge on any atom is 0.407 e. The van der Waals surface area contributed by atoms with Crippen molar-refractivity contribution in [3.8, 4) is 0 Å². The molecular weight excluding hydrogens is 518 g/mol. The van der Waals surface area contributed by atoms with Crippen LogP contribution in [0.3, 0.4) is 0 Å². The van der Waals surface area contributed by atoms with Crippen molar-refractivity contribution in [3.63, 3.8) is 0 Å². The first kappa shape index (κ1) is 29.2. The van der Waals surface area contributed by atoms with Gasteiger partial charge in [-0.2, -0.15) is 0 Å². The fraction of sp³-hybridized carbons (Fsp3) is 0.643. The van der Waals surface area contributed by atoms with Crippen LogP contribution in [0.4, 0.5) is 4.79 Å². The Morgan fingerprint density at radius 1 is 1.13 bits per heavy atom. The van der Waals surface area contributed by atoms with Crippen LogP contribution in [-0.2, 0) is 27.4 Å². The number of fused-ring (bicyclic) bond motifs is 1. The van der Waals surface area contributed by atoms with E-state index in [1.807, 2.05) is 6.07 Å². The summed E-state index contributed by atoms with van der Waals surface area (Å²) in [6, 6.07) is 5.25. The summed E-state index contributed by atoms with van der Waals surface area (Å²) < 4.78 is 5.67. The smallest absolute Gasteiger partial charge is 0.407 e. The van der Waals surface area contributed by atoms with E-state index >= 15 is 0 Å². The van der Waals surface area contributed by atoms with Gasteiger partial charge in [-0.15, -0.1) is 0 Å². The van der Waals surface area contributed by atoms with E-state index in [0.29, 0.717) is 12.2 Å². The summed E-state index contributed by atoms with van der Waals surface area (Å²) in [7, 11) is -1.31. The first-order valence-electron chi connectivity index (χ1n) is 14.0. The molecule has 1 aromatic carbocycles. The highest BCUT2D eigenvalue weighted by Crippen LogP contribution is 2.32. The topological polar surface area (TPSA) is 128 Å². The summed E-state index contributed by atoms with van der Waals surface area (Å²) in [5, 5.41) is 19.7. The van der Waals surface area contributed by atoms with Crippen molar-refractivity contribution < 1.29 is 34.1 Å². The van der Waals surface area contributed by atoms with Gasteiger partial charge in [0.15, 0.2) is 0 Å². The Labute approximate surface area is 230 Å². The van der Waals surface area contributed by atoms with Crippen LogP contribution < -0.4 is 0 Å². The van der Waals surface area contributed by atoms with Gasteiger partial charge in [0, 0.05) is 58.3 Å². The molecule has 1 aromatic rings. The lowest BCUT2D eigenvalue weighted by Crippen LogP contribution is -2.55. The molecule has 39 heavy (non-hydrogen) atoms. The van der Waals surface area contributed by atoms with Crippen LogP contribution in [-0.4, -0.2) is 88.8 Å². The minimum absolute atomic E-state index is 0.0413. The second kappa shape index (κ2) is 12.2. The third-order valence-corrected chi connectivity index (χ3v) is 9.88. The zero-order valence-electron chi connectivity index (χ0n) is 23.2. The number of piperidine rings is 1. The summed E-state index contributed by atoms with van der Waals surface area (Å²) in [5.41, 5.74) is 2.00. The molecule has 1 aliphatic carbocycles. The van der Waals surface area contributed by atoms with E-state index in [4.69, 9.17) is 4.74 Å². The van der Waals surface area contributed by atoms with Crippen molar-refractivity contribution in [1.82, 2.24) is 14.7 Å². The Balaban J connectivity index is 1.44. The molecule has 4 amide bonds. The Morgan fingerprint density at radius 2 is 1.87 bits per heavy atom. The van der Waals surface area contributed by atoms with Gasteiger partial charge < -0.3 is 24.7 Å². The Bertz CT molecular complexity index is 1110. The molecule has 1 saturated carbocycles. The molecule has 0 spiro atoms. The summed E-state index contributed by atoms with van der Waals surface area (Å²) in [5.74, 6) is -1.03. The predicted molar refractivity (Wildman–Crippen MR) is 147 cm³/mol. The SMILES string of the molecule is C[Si](C)(C)CCOCN1C(=O)CCC(N2Cc3cc(CN(C(=O)O)[C@H]4CCCC[C@H]4CO)ccc3C2=O)C1=O. The number of amides is 4. The van der Waals surface area contributed by atoms with Gasteiger partial charge in [-0.1, -0.05) is 44.6 Å². The van der Waals surface area contributed by atoms with Crippen LogP contribution in [0.2, 0.25) is 25.7 Å². The maximum absolute atomic E-state index is 13.3. The number of imide groups is 1. The number of likely N-dealkylation sites (tertiary alicyclic amines) is 1. The van der Waals surface area contributed by atoms with Crippen LogP contribution in [0.15, 0.2) is 18.2 Å². The van der Waals surface area contributed by atoms with Gasteiger partial charge in [0.1, 0.15) is 12.8 Å². The standard InChI is InChI=1S/C28H41N3O7Si/c1-39(2,3)13-12-38-18-31-25(33)11-10-24(27(31)35)29-16-21-14-19(8-9-22(21)26(29)34)15-30(28(36)37)23-7-5-4-6-20(23)17-32/h8-9,14,20,23-24,32H,4-7,10-13,15-18H2,1-3H3,(H,36,37)/t20-,23-,24?/m0/s1. The fourth-order valence-electron chi connectivity index (χ4n) is 5.86. The van der Waals surface area contributed by atoms with Crippen molar-refractivity contribution in [2.75, 3.05) is 19.9 Å². The van der Waals surface area contributed by atoms with Crippen LogP contribution >= 0.6 is 0 Å². The summed E-state index contributed by atoms with van der Waals surface area (Å²) in [6.07, 6.45) is 2.85. The second-order valence-electron chi connectivity index (χ2n) is 12.2. The lowest BCUT2D eigenvalue weighted by molar-refractivity contribution is -0.158. The highest BCUT2D eigenvalue weighted by Gasteiger charge is 2.43. The third kappa shape index (κ3) is 6.70. The van der Waals surface area contributed by atoms with Crippen LogP contribution in [0, 0.1) is 5.92 Å². The Hall–Kier alpha value is -2.76. The molecule has 0 radical (unpaired) electrons. The Kier molecular flexibility index (Phi) is 9.13. The van der Waals surface area contributed by atoms with E-state index in [1.165, 1.54) is 9.80 Å². The molecule has 4 rings (SSSR count). The van der Waals surface area contributed by atoms with Crippen LogP contribution in [0.25, 0.3) is 0 Å². The highest BCUT2D eigenvalue weighted by atomic mass is 28.3. The van der Waals surface area contributed by atoms with Crippen molar-refractivity contribution in [3.05, 3.63) is 34.9 Å². The number of benzene rings is 1. The van der Waals surface area contributed by atoms with Gasteiger partial charge in [0.25, 0.3) is 11.8 Å². The van der Waals surface area contributed by atoms with Crippen molar-refractivity contribution in [2.45, 2.75) is 89.4 Å². The summed E-state index contributed by atoms with van der Waals surface area (Å²) in [6.45, 7) is 7.43. The molecule has 3 atom stereocenters. The average molecular weight is 560 g/mol. The van der Waals surface area contributed by atoms with Gasteiger partial charge in [-0.3, -0.25) is 19.3 Å². The molecule has 2 heterocycles.